The average Bonchev–Trinajstić information content (AvgIpc) is 3.37. The summed E-state index contributed by atoms with van der Waals surface area (Å²) in [5, 5.41) is 19.4. The van der Waals surface area contributed by atoms with Crippen molar-refractivity contribution >= 4 is 32.5 Å². The van der Waals surface area contributed by atoms with Crippen molar-refractivity contribution in [2.45, 2.75) is 42.6 Å². The van der Waals surface area contributed by atoms with E-state index in [0.717, 1.165) is 29.3 Å². The highest BCUT2D eigenvalue weighted by molar-refractivity contribution is 7.90. The molecule has 3 aliphatic carbocycles. The maximum atomic E-state index is 12.1. The lowest BCUT2D eigenvalue weighted by Gasteiger charge is -2.27. The van der Waals surface area contributed by atoms with Crippen LogP contribution in [0.2, 0.25) is 5.02 Å². The van der Waals surface area contributed by atoms with Crippen molar-refractivity contribution in [3.8, 4) is 0 Å². The van der Waals surface area contributed by atoms with Gasteiger partial charge in [-0.25, -0.2) is 13.1 Å². The number of halogens is 1. The molecule has 8 heteroatoms. The molecular weight excluding hydrogens is 350 g/mol. The lowest BCUT2D eigenvalue weighted by Crippen LogP contribution is -2.35. The Morgan fingerprint density at radius 2 is 2.00 bits per heavy atom. The zero-order chi connectivity index (χ0) is 16.7. The van der Waals surface area contributed by atoms with Gasteiger partial charge in [-0.2, -0.15) is 5.10 Å². The second-order valence-corrected chi connectivity index (χ2v) is 9.87. The largest absolute Gasteiger partial charge is 0.385 e. The molecule has 24 heavy (non-hydrogen) atoms. The van der Waals surface area contributed by atoms with Crippen molar-refractivity contribution in [1.29, 1.82) is 0 Å². The van der Waals surface area contributed by atoms with Gasteiger partial charge in [0.2, 0.25) is 10.0 Å². The van der Waals surface area contributed by atoms with Gasteiger partial charge >= 0.3 is 0 Å². The van der Waals surface area contributed by atoms with E-state index in [9.17, 15) is 13.5 Å². The van der Waals surface area contributed by atoms with E-state index >= 15 is 0 Å². The number of hydrogen-bond donors (Lipinski definition) is 3. The molecule has 1 aromatic heterocycles. The molecule has 3 fully saturated rings. The summed E-state index contributed by atoms with van der Waals surface area (Å²) in [4.78, 5) is 0. The third-order valence-electron chi connectivity index (χ3n) is 5.76. The Morgan fingerprint density at radius 3 is 2.67 bits per heavy atom. The topological polar surface area (TPSA) is 95.1 Å². The molecule has 0 spiro atoms. The molecule has 3 N–H and O–H groups in total. The number of sulfonamides is 1. The Kier molecular flexibility index (Phi) is 2.98. The lowest BCUT2D eigenvalue weighted by atomic mass is 9.87. The molecule has 4 atom stereocenters. The Balaban J connectivity index is 1.39. The summed E-state index contributed by atoms with van der Waals surface area (Å²) >= 11 is 6.18. The second-order valence-electron chi connectivity index (χ2n) is 7.44. The predicted octanol–water partition coefficient (Wildman–Crippen LogP) is 1.89. The molecule has 0 unspecified atom stereocenters. The van der Waals surface area contributed by atoms with Crippen molar-refractivity contribution < 1.29 is 13.5 Å². The molecule has 0 bridgehead atoms. The first-order valence-corrected chi connectivity index (χ1v) is 10.2. The first-order chi connectivity index (χ1) is 11.4. The Bertz CT molecular complexity index is 925. The summed E-state index contributed by atoms with van der Waals surface area (Å²) in [6.07, 6.45) is 4.31. The maximum absolute atomic E-state index is 12.1. The third kappa shape index (κ3) is 2.22. The molecule has 1 aromatic carbocycles. The van der Waals surface area contributed by atoms with Crippen LogP contribution in [0, 0.1) is 11.8 Å². The van der Waals surface area contributed by atoms with E-state index in [0.29, 0.717) is 17.9 Å². The van der Waals surface area contributed by atoms with Crippen LogP contribution < -0.4 is 4.72 Å². The summed E-state index contributed by atoms with van der Waals surface area (Å²) < 4.78 is 27.0. The Labute approximate surface area is 144 Å². The van der Waals surface area contributed by atoms with Gasteiger partial charge < -0.3 is 5.11 Å². The fourth-order valence-corrected chi connectivity index (χ4v) is 6.22. The number of nitrogens with zero attached hydrogens (tertiary/aromatic N) is 1. The summed E-state index contributed by atoms with van der Waals surface area (Å²) in [6.45, 7) is 0. The zero-order valence-corrected chi connectivity index (χ0v) is 14.4. The number of rotatable bonds is 4. The first kappa shape index (κ1) is 15.1. The fourth-order valence-electron chi connectivity index (χ4n) is 4.31. The van der Waals surface area contributed by atoms with E-state index in [2.05, 4.69) is 14.9 Å². The number of aromatic nitrogens is 2. The number of aliphatic hydroxyl groups is 1. The molecule has 0 saturated heterocycles. The molecule has 128 valence electrons. The third-order valence-corrected chi connectivity index (χ3v) is 7.92. The summed E-state index contributed by atoms with van der Waals surface area (Å²) in [5.74, 6) is 0.390. The minimum Gasteiger partial charge on any atom is -0.385 e. The van der Waals surface area contributed by atoms with E-state index in [-0.39, 0.29) is 23.1 Å². The maximum Gasteiger partial charge on any atom is 0.214 e. The summed E-state index contributed by atoms with van der Waals surface area (Å²) in [5.41, 5.74) is 0.587. The highest BCUT2D eigenvalue weighted by atomic mass is 35.5. The van der Waals surface area contributed by atoms with Gasteiger partial charge in [0.05, 0.1) is 22.6 Å². The SMILES string of the molecule is O=S(=O)(N[C@@H]1[C@@H]2C[C@@](O)(c3cc(Cl)cc4cn[nH]c34)C[C@@H]21)C1CC1. The molecule has 3 aliphatic rings. The molecule has 1 heterocycles. The van der Waals surface area contributed by atoms with Gasteiger partial charge in [-0.05, 0) is 49.7 Å². The van der Waals surface area contributed by atoms with Crippen LogP contribution in [0.15, 0.2) is 18.3 Å². The van der Waals surface area contributed by atoms with Gasteiger partial charge in [-0.3, -0.25) is 5.10 Å². The molecular formula is C16H18ClN3O3S. The standard InChI is InChI=1S/C16H18ClN3O3S/c17-9-3-8-7-18-19-14(8)13(4-9)16(21)5-11-12(6-16)15(11)20-24(22,23)10-1-2-10/h3-4,7,10-12,15,20-21H,1-2,5-6H2,(H,18,19)/t11-,12+,15-,16+. The minimum atomic E-state index is -3.17. The Morgan fingerprint density at radius 1 is 1.29 bits per heavy atom. The summed E-state index contributed by atoms with van der Waals surface area (Å²) in [7, 11) is -3.17. The van der Waals surface area contributed by atoms with Crippen molar-refractivity contribution in [1.82, 2.24) is 14.9 Å². The number of benzene rings is 1. The van der Waals surface area contributed by atoms with E-state index in [1.165, 1.54) is 0 Å². The monoisotopic (exact) mass is 367 g/mol. The van der Waals surface area contributed by atoms with Gasteiger partial charge in [-0.15, -0.1) is 0 Å². The first-order valence-electron chi connectivity index (χ1n) is 8.24. The average molecular weight is 368 g/mol. The van der Waals surface area contributed by atoms with Crippen LogP contribution in [0.3, 0.4) is 0 Å². The van der Waals surface area contributed by atoms with Gasteiger partial charge in [-0.1, -0.05) is 11.6 Å². The van der Waals surface area contributed by atoms with Crippen LogP contribution in [0.5, 0.6) is 0 Å². The smallest absolute Gasteiger partial charge is 0.214 e. The second kappa shape index (κ2) is 4.72. The van der Waals surface area contributed by atoms with Crippen LogP contribution in [0.4, 0.5) is 0 Å². The molecule has 5 rings (SSSR count). The number of fused-ring (bicyclic) bond motifs is 2. The zero-order valence-electron chi connectivity index (χ0n) is 12.9. The number of aromatic amines is 1. The minimum absolute atomic E-state index is 0.0210. The van der Waals surface area contributed by atoms with E-state index in [1.54, 1.807) is 12.3 Å². The van der Waals surface area contributed by atoms with Gasteiger partial charge in [0, 0.05) is 22.0 Å². The van der Waals surface area contributed by atoms with Crippen LogP contribution in [0.25, 0.3) is 10.9 Å². The van der Waals surface area contributed by atoms with Crippen molar-refractivity contribution in [3.05, 3.63) is 28.9 Å². The number of hydrogen-bond acceptors (Lipinski definition) is 4. The molecule has 3 saturated carbocycles. The van der Waals surface area contributed by atoms with Crippen molar-refractivity contribution in [2.24, 2.45) is 11.8 Å². The van der Waals surface area contributed by atoms with Crippen LogP contribution >= 0.6 is 11.6 Å². The van der Waals surface area contributed by atoms with Crippen LogP contribution in [0.1, 0.15) is 31.2 Å². The molecule has 0 amide bonds. The highest BCUT2D eigenvalue weighted by Crippen LogP contribution is 2.60. The van der Waals surface area contributed by atoms with Crippen LogP contribution in [-0.4, -0.2) is 35.0 Å². The normalized spacial score (nSPS) is 35.3. The fraction of sp³-hybridized carbons (Fsp3) is 0.562. The van der Waals surface area contributed by atoms with Crippen molar-refractivity contribution in [2.75, 3.05) is 0 Å². The van der Waals surface area contributed by atoms with E-state index in [4.69, 9.17) is 11.6 Å². The van der Waals surface area contributed by atoms with Gasteiger partial charge in [0.25, 0.3) is 0 Å². The summed E-state index contributed by atoms with van der Waals surface area (Å²) in [6, 6.07) is 3.58. The van der Waals surface area contributed by atoms with E-state index < -0.39 is 15.6 Å². The quantitative estimate of drug-likeness (QED) is 0.769. The Hall–Kier alpha value is -1.15. The highest BCUT2D eigenvalue weighted by Gasteiger charge is 2.63. The van der Waals surface area contributed by atoms with E-state index in [1.807, 2.05) is 6.07 Å². The molecule has 0 aliphatic heterocycles. The van der Waals surface area contributed by atoms with Gasteiger partial charge in [0.15, 0.2) is 0 Å². The van der Waals surface area contributed by atoms with Crippen LogP contribution in [-0.2, 0) is 15.6 Å². The van der Waals surface area contributed by atoms with Gasteiger partial charge in [0.1, 0.15) is 0 Å². The lowest BCUT2D eigenvalue weighted by molar-refractivity contribution is 0.0302. The molecule has 0 radical (unpaired) electrons. The molecule has 6 nitrogen and oxygen atoms in total. The molecule has 2 aromatic rings. The number of H-pyrrole nitrogens is 1. The van der Waals surface area contributed by atoms with Crippen molar-refractivity contribution in [3.63, 3.8) is 0 Å². The predicted molar refractivity (Wildman–Crippen MR) is 90.1 cm³/mol. The number of nitrogens with one attached hydrogen (secondary N) is 2.